The standard InChI is InChI=1S/C15H11FN2O/c1-10-5-4-8-14-17-13(9-15(19)18(10)14)11-6-2-3-7-12(11)16/h2-9H,1H3. The van der Waals surface area contributed by atoms with Crippen LogP contribution in [0.3, 0.4) is 0 Å². The monoisotopic (exact) mass is 254 g/mol. The minimum absolute atomic E-state index is 0.207. The number of halogens is 1. The van der Waals surface area contributed by atoms with Gasteiger partial charge < -0.3 is 0 Å². The van der Waals surface area contributed by atoms with Crippen molar-refractivity contribution in [3.63, 3.8) is 0 Å². The Labute approximate surface area is 109 Å². The second-order valence-electron chi connectivity index (χ2n) is 4.32. The SMILES string of the molecule is Cc1cccc2nc(-c3ccccc3F)cc(=O)n12. The van der Waals surface area contributed by atoms with Crippen molar-refractivity contribution in [2.24, 2.45) is 0 Å². The summed E-state index contributed by atoms with van der Waals surface area (Å²) in [6, 6.07) is 13.0. The molecular formula is C15H11FN2O. The van der Waals surface area contributed by atoms with Crippen LogP contribution in [0, 0.1) is 12.7 Å². The van der Waals surface area contributed by atoms with Crippen LogP contribution in [0.5, 0.6) is 0 Å². The number of aromatic nitrogens is 2. The Hall–Kier alpha value is -2.49. The van der Waals surface area contributed by atoms with Crippen LogP contribution in [0.4, 0.5) is 4.39 Å². The topological polar surface area (TPSA) is 34.4 Å². The van der Waals surface area contributed by atoms with Crippen molar-refractivity contribution in [3.05, 3.63) is 70.4 Å². The summed E-state index contributed by atoms with van der Waals surface area (Å²) >= 11 is 0. The van der Waals surface area contributed by atoms with Crippen molar-refractivity contribution in [1.29, 1.82) is 0 Å². The van der Waals surface area contributed by atoms with Gasteiger partial charge in [-0.1, -0.05) is 18.2 Å². The number of fused-ring (bicyclic) bond motifs is 1. The van der Waals surface area contributed by atoms with E-state index in [0.29, 0.717) is 16.9 Å². The number of hydrogen-bond donors (Lipinski definition) is 0. The summed E-state index contributed by atoms with van der Waals surface area (Å²) < 4.78 is 15.2. The predicted molar refractivity (Wildman–Crippen MR) is 71.6 cm³/mol. The molecule has 2 heterocycles. The van der Waals surface area contributed by atoms with Gasteiger partial charge in [-0.25, -0.2) is 9.37 Å². The Morgan fingerprint density at radius 1 is 1.11 bits per heavy atom. The fourth-order valence-electron chi connectivity index (χ4n) is 2.12. The van der Waals surface area contributed by atoms with E-state index < -0.39 is 0 Å². The molecule has 0 N–H and O–H groups in total. The second kappa shape index (κ2) is 4.31. The highest BCUT2D eigenvalue weighted by Gasteiger charge is 2.09. The summed E-state index contributed by atoms with van der Waals surface area (Å²) in [5.41, 5.74) is 1.81. The molecule has 94 valence electrons. The van der Waals surface area contributed by atoms with E-state index in [1.807, 2.05) is 19.1 Å². The third kappa shape index (κ3) is 1.91. The van der Waals surface area contributed by atoms with Crippen LogP contribution in [0.15, 0.2) is 53.3 Å². The zero-order valence-corrected chi connectivity index (χ0v) is 10.3. The molecule has 3 aromatic rings. The first-order valence-corrected chi connectivity index (χ1v) is 5.91. The molecule has 0 unspecified atom stereocenters. The van der Waals surface area contributed by atoms with Gasteiger partial charge in [-0.3, -0.25) is 9.20 Å². The molecule has 0 atom stereocenters. The summed E-state index contributed by atoms with van der Waals surface area (Å²) in [5.74, 6) is -0.383. The van der Waals surface area contributed by atoms with Crippen LogP contribution in [0.2, 0.25) is 0 Å². The van der Waals surface area contributed by atoms with Gasteiger partial charge in [0, 0.05) is 17.3 Å². The number of hydrogen-bond acceptors (Lipinski definition) is 2. The molecule has 1 aromatic carbocycles. The van der Waals surface area contributed by atoms with E-state index >= 15 is 0 Å². The Bertz CT molecular complexity index is 824. The summed E-state index contributed by atoms with van der Waals surface area (Å²) in [6.07, 6.45) is 0. The lowest BCUT2D eigenvalue weighted by molar-refractivity contribution is 0.630. The highest BCUT2D eigenvalue weighted by molar-refractivity contribution is 5.62. The Kier molecular flexibility index (Phi) is 2.63. The van der Waals surface area contributed by atoms with Crippen molar-refractivity contribution < 1.29 is 4.39 Å². The zero-order valence-electron chi connectivity index (χ0n) is 10.3. The van der Waals surface area contributed by atoms with E-state index in [2.05, 4.69) is 4.98 Å². The average molecular weight is 254 g/mol. The van der Waals surface area contributed by atoms with Crippen LogP contribution in [0.1, 0.15) is 5.69 Å². The molecule has 0 spiro atoms. The molecule has 0 saturated heterocycles. The minimum Gasteiger partial charge on any atom is -0.269 e. The maximum Gasteiger partial charge on any atom is 0.258 e. The summed E-state index contributed by atoms with van der Waals surface area (Å²) in [5, 5.41) is 0. The largest absolute Gasteiger partial charge is 0.269 e. The lowest BCUT2D eigenvalue weighted by atomic mass is 10.1. The van der Waals surface area contributed by atoms with E-state index in [9.17, 15) is 9.18 Å². The van der Waals surface area contributed by atoms with E-state index in [1.165, 1.54) is 16.5 Å². The van der Waals surface area contributed by atoms with Crippen LogP contribution in [0.25, 0.3) is 16.9 Å². The maximum atomic E-state index is 13.7. The van der Waals surface area contributed by atoms with Crippen LogP contribution < -0.4 is 5.56 Å². The van der Waals surface area contributed by atoms with Gasteiger partial charge in [0.1, 0.15) is 11.5 Å². The molecule has 0 saturated carbocycles. The molecule has 0 bridgehead atoms. The lowest BCUT2D eigenvalue weighted by Gasteiger charge is -2.07. The Morgan fingerprint density at radius 3 is 2.68 bits per heavy atom. The Balaban J connectivity index is 2.34. The molecule has 4 heteroatoms. The highest BCUT2D eigenvalue weighted by atomic mass is 19.1. The number of nitrogens with zero attached hydrogens (tertiary/aromatic N) is 2. The average Bonchev–Trinajstić information content (AvgIpc) is 2.39. The number of aryl methyl sites for hydroxylation is 1. The fraction of sp³-hybridized carbons (Fsp3) is 0.0667. The van der Waals surface area contributed by atoms with Crippen LogP contribution in [-0.4, -0.2) is 9.38 Å². The van der Waals surface area contributed by atoms with Crippen LogP contribution >= 0.6 is 0 Å². The predicted octanol–water partition coefficient (Wildman–Crippen LogP) is 2.81. The molecule has 0 fully saturated rings. The molecule has 0 amide bonds. The van der Waals surface area contributed by atoms with E-state index in [-0.39, 0.29) is 11.4 Å². The van der Waals surface area contributed by atoms with Gasteiger partial charge >= 0.3 is 0 Å². The fourth-order valence-corrected chi connectivity index (χ4v) is 2.12. The van der Waals surface area contributed by atoms with Crippen molar-refractivity contribution in [2.75, 3.05) is 0 Å². The van der Waals surface area contributed by atoms with Gasteiger partial charge in [-0.2, -0.15) is 0 Å². The van der Waals surface area contributed by atoms with E-state index in [4.69, 9.17) is 0 Å². The van der Waals surface area contributed by atoms with Crippen molar-refractivity contribution in [2.45, 2.75) is 6.92 Å². The van der Waals surface area contributed by atoms with E-state index in [1.54, 1.807) is 24.3 Å². The smallest absolute Gasteiger partial charge is 0.258 e. The van der Waals surface area contributed by atoms with Crippen molar-refractivity contribution >= 4 is 5.65 Å². The molecule has 19 heavy (non-hydrogen) atoms. The lowest BCUT2D eigenvalue weighted by Crippen LogP contribution is -2.16. The van der Waals surface area contributed by atoms with E-state index in [0.717, 1.165) is 5.69 Å². The molecule has 0 radical (unpaired) electrons. The van der Waals surface area contributed by atoms with Gasteiger partial charge in [-0.15, -0.1) is 0 Å². The van der Waals surface area contributed by atoms with Gasteiger partial charge in [0.05, 0.1) is 5.69 Å². The first kappa shape index (κ1) is 11.6. The molecule has 0 aliphatic carbocycles. The van der Waals surface area contributed by atoms with Gasteiger partial charge in [-0.05, 0) is 31.2 Å². The zero-order chi connectivity index (χ0) is 13.4. The number of pyridine rings is 1. The molecule has 0 aliphatic rings. The van der Waals surface area contributed by atoms with Crippen LogP contribution in [-0.2, 0) is 0 Å². The molecule has 3 nitrogen and oxygen atoms in total. The van der Waals surface area contributed by atoms with Gasteiger partial charge in [0.25, 0.3) is 5.56 Å². The first-order chi connectivity index (χ1) is 9.16. The minimum atomic E-state index is -0.383. The third-order valence-electron chi connectivity index (χ3n) is 3.03. The number of rotatable bonds is 1. The second-order valence-corrected chi connectivity index (χ2v) is 4.32. The molecule has 3 rings (SSSR count). The highest BCUT2D eigenvalue weighted by Crippen LogP contribution is 2.19. The first-order valence-electron chi connectivity index (χ1n) is 5.91. The Morgan fingerprint density at radius 2 is 1.89 bits per heavy atom. The quantitative estimate of drug-likeness (QED) is 0.669. The summed E-state index contributed by atoms with van der Waals surface area (Å²) in [6.45, 7) is 1.83. The third-order valence-corrected chi connectivity index (χ3v) is 3.03. The maximum absolute atomic E-state index is 13.7. The summed E-state index contributed by atoms with van der Waals surface area (Å²) in [4.78, 5) is 16.5. The van der Waals surface area contributed by atoms with Gasteiger partial charge in [0.15, 0.2) is 0 Å². The number of benzene rings is 1. The normalized spacial score (nSPS) is 10.8. The molecule has 0 aliphatic heterocycles. The van der Waals surface area contributed by atoms with Crippen molar-refractivity contribution in [3.8, 4) is 11.3 Å². The molecule has 2 aromatic heterocycles. The van der Waals surface area contributed by atoms with Crippen molar-refractivity contribution in [1.82, 2.24) is 9.38 Å². The van der Waals surface area contributed by atoms with Gasteiger partial charge in [0.2, 0.25) is 0 Å². The molecular weight excluding hydrogens is 243 g/mol. The summed E-state index contributed by atoms with van der Waals surface area (Å²) in [7, 11) is 0.